The summed E-state index contributed by atoms with van der Waals surface area (Å²) in [5.74, 6) is 0.348. The fraction of sp³-hybridized carbons (Fsp3) is 0.250. The number of benzene rings is 1. The van der Waals surface area contributed by atoms with Crippen LogP contribution in [0.3, 0.4) is 0 Å². The van der Waals surface area contributed by atoms with Crippen LogP contribution in [0.25, 0.3) is 22.5 Å². The maximum Gasteiger partial charge on any atom is 0.270 e. The third-order valence-electron chi connectivity index (χ3n) is 6.53. The molecule has 0 aliphatic carbocycles. The zero-order valence-electron chi connectivity index (χ0n) is 20.3. The van der Waals surface area contributed by atoms with Crippen molar-refractivity contribution in [2.75, 3.05) is 18.0 Å². The van der Waals surface area contributed by atoms with Gasteiger partial charge in [0.15, 0.2) is 0 Å². The number of pyridine rings is 2. The number of anilines is 1. The van der Waals surface area contributed by atoms with Gasteiger partial charge in [0, 0.05) is 48.8 Å². The summed E-state index contributed by atoms with van der Waals surface area (Å²) in [6, 6.07) is 12.0. The van der Waals surface area contributed by atoms with Crippen molar-refractivity contribution in [1.29, 1.82) is 0 Å². The van der Waals surface area contributed by atoms with Gasteiger partial charge < -0.3 is 10.2 Å². The van der Waals surface area contributed by atoms with Crippen LogP contribution in [0.4, 0.5) is 10.2 Å². The molecular weight excluding hydrogens is 455 g/mol. The van der Waals surface area contributed by atoms with Crippen molar-refractivity contribution in [2.45, 2.75) is 32.7 Å². The fourth-order valence-electron chi connectivity index (χ4n) is 4.51. The number of carbonyl (C=O) groups excluding carboxylic acids is 1. The van der Waals surface area contributed by atoms with Crippen LogP contribution in [0.5, 0.6) is 0 Å². The summed E-state index contributed by atoms with van der Waals surface area (Å²) < 4.78 is 13.5. The molecule has 1 amide bonds. The van der Waals surface area contributed by atoms with Crippen molar-refractivity contribution >= 4 is 11.7 Å². The molecule has 1 fully saturated rings. The number of aryl methyl sites for hydroxylation is 2. The largest absolute Gasteiger partial charge is 0.355 e. The average molecular weight is 483 g/mol. The number of piperidine rings is 1. The Kier molecular flexibility index (Phi) is 6.66. The van der Waals surface area contributed by atoms with Gasteiger partial charge in [0.05, 0.1) is 17.6 Å². The minimum Gasteiger partial charge on any atom is -0.355 e. The smallest absolute Gasteiger partial charge is 0.270 e. The number of rotatable bonds is 5. The molecule has 1 saturated heterocycles. The lowest BCUT2D eigenvalue weighted by Crippen LogP contribution is -2.45. The van der Waals surface area contributed by atoms with Crippen LogP contribution in [0.15, 0.2) is 67.3 Å². The lowest BCUT2D eigenvalue weighted by atomic mass is 10.0. The second-order valence-corrected chi connectivity index (χ2v) is 9.03. The second-order valence-electron chi connectivity index (χ2n) is 9.03. The highest BCUT2D eigenvalue weighted by Crippen LogP contribution is 2.32. The van der Waals surface area contributed by atoms with E-state index < -0.39 is 0 Å². The fourth-order valence-corrected chi connectivity index (χ4v) is 4.51. The summed E-state index contributed by atoms with van der Waals surface area (Å²) in [5, 5.41) is 3.13. The van der Waals surface area contributed by atoms with Gasteiger partial charge in [-0.15, -0.1) is 0 Å². The Labute approximate surface area is 209 Å². The van der Waals surface area contributed by atoms with Crippen molar-refractivity contribution in [1.82, 2.24) is 25.3 Å². The van der Waals surface area contributed by atoms with Gasteiger partial charge in [-0.2, -0.15) is 0 Å². The van der Waals surface area contributed by atoms with E-state index in [9.17, 15) is 9.18 Å². The molecule has 4 aromatic rings. The topological polar surface area (TPSA) is 83.9 Å². The third-order valence-corrected chi connectivity index (χ3v) is 6.53. The number of hydrogen-bond donors (Lipinski definition) is 1. The number of aromatic nitrogens is 4. The first kappa shape index (κ1) is 23.5. The molecule has 0 atom stereocenters. The number of hydrogen-bond acceptors (Lipinski definition) is 6. The van der Waals surface area contributed by atoms with Gasteiger partial charge in [0.2, 0.25) is 0 Å². The summed E-state index contributed by atoms with van der Waals surface area (Å²) in [6.07, 6.45) is 8.54. The Morgan fingerprint density at radius 2 is 1.72 bits per heavy atom. The van der Waals surface area contributed by atoms with E-state index in [1.165, 1.54) is 12.1 Å². The van der Waals surface area contributed by atoms with Crippen LogP contribution >= 0.6 is 0 Å². The predicted octanol–water partition coefficient (Wildman–Crippen LogP) is 4.76. The summed E-state index contributed by atoms with van der Waals surface area (Å²) >= 11 is 0. The highest BCUT2D eigenvalue weighted by molar-refractivity contribution is 5.93. The van der Waals surface area contributed by atoms with Gasteiger partial charge in [-0.1, -0.05) is 6.07 Å². The molecule has 3 aromatic heterocycles. The zero-order chi connectivity index (χ0) is 25.1. The maximum absolute atomic E-state index is 13.5. The highest BCUT2D eigenvalue weighted by atomic mass is 19.1. The monoisotopic (exact) mass is 482 g/mol. The minimum atomic E-state index is -0.293. The van der Waals surface area contributed by atoms with Crippen molar-refractivity contribution in [3.05, 3.63) is 89.9 Å². The number of halogens is 1. The quantitative estimate of drug-likeness (QED) is 0.442. The van der Waals surface area contributed by atoms with E-state index in [-0.39, 0.29) is 17.8 Å². The van der Waals surface area contributed by atoms with Crippen LogP contribution in [0.1, 0.15) is 34.5 Å². The second kappa shape index (κ2) is 10.2. The zero-order valence-corrected chi connectivity index (χ0v) is 20.3. The van der Waals surface area contributed by atoms with E-state index in [1.54, 1.807) is 36.9 Å². The molecule has 0 bridgehead atoms. The standard InChI is InChI=1S/C28H27FN6O/c1-18-4-3-12-31-25(18)28(36)33-22-10-14-35(15-11-22)24-17-32-26(20-5-7-21(29)8-6-20)27(34-24)23-9-13-30-16-19(23)2/h3-9,12-13,16-17,22H,10-11,14-15H2,1-2H3,(H,33,36). The molecule has 36 heavy (non-hydrogen) atoms. The van der Waals surface area contributed by atoms with E-state index in [0.717, 1.165) is 59.7 Å². The first-order valence-electron chi connectivity index (χ1n) is 12.0. The van der Waals surface area contributed by atoms with Crippen LogP contribution < -0.4 is 10.2 Å². The van der Waals surface area contributed by atoms with Gasteiger partial charge in [0.1, 0.15) is 17.3 Å². The Morgan fingerprint density at radius 3 is 2.44 bits per heavy atom. The van der Waals surface area contributed by atoms with Crippen molar-refractivity contribution in [2.24, 2.45) is 0 Å². The summed E-state index contributed by atoms with van der Waals surface area (Å²) in [6.45, 7) is 5.36. The van der Waals surface area contributed by atoms with Gasteiger partial charge in [0.25, 0.3) is 5.91 Å². The van der Waals surface area contributed by atoms with E-state index in [4.69, 9.17) is 9.97 Å². The molecule has 7 nitrogen and oxygen atoms in total. The number of nitrogens with zero attached hydrogens (tertiary/aromatic N) is 5. The molecule has 8 heteroatoms. The predicted molar refractivity (Wildman–Crippen MR) is 137 cm³/mol. The summed E-state index contributed by atoms with van der Waals surface area (Å²) in [5.41, 5.74) is 5.49. The Bertz CT molecular complexity index is 1380. The molecular formula is C28H27FN6O. The molecule has 4 heterocycles. The van der Waals surface area contributed by atoms with Crippen LogP contribution in [0, 0.1) is 19.7 Å². The van der Waals surface area contributed by atoms with E-state index in [2.05, 4.69) is 20.2 Å². The Hall–Kier alpha value is -4.20. The molecule has 1 aliphatic heterocycles. The molecule has 0 spiro atoms. The van der Waals surface area contributed by atoms with E-state index in [1.807, 2.05) is 32.0 Å². The van der Waals surface area contributed by atoms with E-state index >= 15 is 0 Å². The number of nitrogens with one attached hydrogen (secondary N) is 1. The first-order chi connectivity index (χ1) is 17.5. The molecule has 0 unspecified atom stereocenters. The molecule has 0 radical (unpaired) electrons. The molecule has 0 saturated carbocycles. The highest BCUT2D eigenvalue weighted by Gasteiger charge is 2.24. The van der Waals surface area contributed by atoms with Gasteiger partial charge in [-0.25, -0.2) is 9.37 Å². The molecule has 1 aromatic carbocycles. The molecule has 5 rings (SSSR count). The lowest BCUT2D eigenvalue weighted by Gasteiger charge is -2.33. The molecule has 182 valence electrons. The number of amides is 1. The van der Waals surface area contributed by atoms with Crippen molar-refractivity contribution in [3.63, 3.8) is 0 Å². The SMILES string of the molecule is Cc1cnccc1-c1nc(N2CCC(NC(=O)c3ncccc3C)CC2)cnc1-c1ccc(F)cc1. The first-order valence-corrected chi connectivity index (χ1v) is 12.0. The average Bonchev–Trinajstić information content (AvgIpc) is 2.90. The van der Waals surface area contributed by atoms with E-state index in [0.29, 0.717) is 11.4 Å². The number of carbonyl (C=O) groups is 1. The third kappa shape index (κ3) is 4.93. The minimum absolute atomic E-state index is 0.0727. The van der Waals surface area contributed by atoms with Gasteiger partial charge in [-0.3, -0.25) is 19.7 Å². The van der Waals surface area contributed by atoms with Crippen LogP contribution in [-0.2, 0) is 0 Å². The summed E-state index contributed by atoms with van der Waals surface area (Å²) in [4.78, 5) is 33.1. The van der Waals surface area contributed by atoms with Crippen LogP contribution in [0.2, 0.25) is 0 Å². The Morgan fingerprint density at radius 1 is 0.944 bits per heavy atom. The Balaban J connectivity index is 1.36. The van der Waals surface area contributed by atoms with Crippen molar-refractivity contribution < 1.29 is 9.18 Å². The molecule has 1 N–H and O–H groups in total. The maximum atomic E-state index is 13.5. The van der Waals surface area contributed by atoms with Crippen molar-refractivity contribution in [3.8, 4) is 22.5 Å². The van der Waals surface area contributed by atoms with Gasteiger partial charge in [-0.05, 0) is 74.2 Å². The van der Waals surface area contributed by atoms with Crippen LogP contribution in [-0.4, -0.2) is 45.0 Å². The van der Waals surface area contributed by atoms with Gasteiger partial charge >= 0.3 is 0 Å². The lowest BCUT2D eigenvalue weighted by molar-refractivity contribution is 0.0925. The normalized spacial score (nSPS) is 14.0. The summed E-state index contributed by atoms with van der Waals surface area (Å²) in [7, 11) is 0. The molecule has 1 aliphatic rings.